The van der Waals surface area contributed by atoms with Gasteiger partial charge in [-0.2, -0.15) is 0 Å². The molecule has 0 heterocycles. The van der Waals surface area contributed by atoms with Gasteiger partial charge < -0.3 is 11.1 Å². The van der Waals surface area contributed by atoms with Crippen LogP contribution in [0.25, 0.3) is 0 Å². The van der Waals surface area contributed by atoms with Crippen molar-refractivity contribution in [3.63, 3.8) is 0 Å². The van der Waals surface area contributed by atoms with Crippen molar-refractivity contribution in [1.29, 1.82) is 0 Å². The first-order valence-corrected chi connectivity index (χ1v) is 4.85. The second-order valence-corrected chi connectivity index (χ2v) is 5.06. The van der Waals surface area contributed by atoms with E-state index in [1.54, 1.807) is 0 Å². The normalized spacial score (nSPS) is 40.2. The van der Waals surface area contributed by atoms with Gasteiger partial charge in [-0.05, 0) is 31.2 Å². The summed E-state index contributed by atoms with van der Waals surface area (Å²) in [5.41, 5.74) is 6.49. The molecule has 1 aliphatic rings. The average molecular weight is 170 g/mol. The zero-order valence-corrected chi connectivity index (χ0v) is 8.78. The topological polar surface area (TPSA) is 38.0 Å². The summed E-state index contributed by atoms with van der Waals surface area (Å²) in [5, 5.41) is 3.41. The molecule has 0 radical (unpaired) electrons. The fourth-order valence-corrected chi connectivity index (χ4v) is 2.83. The molecule has 2 atom stereocenters. The maximum Gasteiger partial charge on any atom is 0.0332 e. The molecule has 0 saturated heterocycles. The van der Waals surface area contributed by atoms with Gasteiger partial charge in [-0.25, -0.2) is 0 Å². The molecular weight excluding hydrogens is 148 g/mol. The number of hydrogen-bond acceptors (Lipinski definition) is 2. The lowest BCUT2D eigenvalue weighted by atomic mass is 9.86. The number of rotatable bonds is 2. The van der Waals surface area contributed by atoms with Crippen LogP contribution in [-0.4, -0.2) is 19.1 Å². The van der Waals surface area contributed by atoms with Gasteiger partial charge in [-0.3, -0.25) is 0 Å². The van der Waals surface area contributed by atoms with Crippen molar-refractivity contribution in [1.82, 2.24) is 5.32 Å². The molecule has 1 rings (SSSR count). The highest BCUT2D eigenvalue weighted by Crippen LogP contribution is 2.46. The molecule has 0 aliphatic heterocycles. The Kier molecular flexibility index (Phi) is 2.50. The van der Waals surface area contributed by atoms with Gasteiger partial charge in [0, 0.05) is 12.1 Å². The molecule has 2 nitrogen and oxygen atoms in total. The molecule has 0 aromatic carbocycles. The molecule has 0 aromatic rings. The minimum absolute atomic E-state index is 0.198. The Morgan fingerprint density at radius 3 is 2.25 bits per heavy atom. The predicted molar refractivity (Wildman–Crippen MR) is 53.0 cm³/mol. The summed E-state index contributed by atoms with van der Waals surface area (Å²) >= 11 is 0. The highest BCUT2D eigenvalue weighted by atomic mass is 15.0. The van der Waals surface area contributed by atoms with Gasteiger partial charge in [0.15, 0.2) is 0 Å². The fourth-order valence-electron chi connectivity index (χ4n) is 2.83. The van der Waals surface area contributed by atoms with Gasteiger partial charge >= 0.3 is 0 Å². The van der Waals surface area contributed by atoms with Crippen LogP contribution in [0.2, 0.25) is 0 Å². The minimum atomic E-state index is 0.198. The number of hydrogen-bond donors (Lipinski definition) is 2. The largest absolute Gasteiger partial charge is 0.329 e. The molecular formula is C10H22N2. The second-order valence-electron chi connectivity index (χ2n) is 5.06. The maximum absolute atomic E-state index is 5.83. The van der Waals surface area contributed by atoms with Gasteiger partial charge in [0.2, 0.25) is 0 Å². The molecule has 12 heavy (non-hydrogen) atoms. The quantitative estimate of drug-likeness (QED) is 0.656. The predicted octanol–water partition coefficient (Wildman–Crippen LogP) is 1.36. The standard InChI is InChI=1S/C10H22N2/c1-8-5-9(2,3)6-10(8,7-11)12-4/h8,12H,5-7,11H2,1-4H3. The van der Waals surface area contributed by atoms with Gasteiger partial charge in [0.05, 0.1) is 0 Å². The molecule has 1 saturated carbocycles. The number of likely N-dealkylation sites (N-methyl/N-ethyl adjacent to an activating group) is 1. The van der Waals surface area contributed by atoms with E-state index in [4.69, 9.17) is 5.73 Å². The Balaban J connectivity index is 2.79. The number of nitrogens with one attached hydrogen (secondary N) is 1. The first kappa shape index (κ1) is 10.0. The van der Waals surface area contributed by atoms with E-state index in [9.17, 15) is 0 Å². The maximum atomic E-state index is 5.83. The van der Waals surface area contributed by atoms with E-state index >= 15 is 0 Å². The molecule has 72 valence electrons. The summed E-state index contributed by atoms with van der Waals surface area (Å²) in [6.45, 7) is 7.72. The van der Waals surface area contributed by atoms with Crippen LogP contribution in [0.3, 0.4) is 0 Å². The zero-order chi connectivity index (χ0) is 9.41. The average Bonchev–Trinajstić information content (AvgIpc) is 2.21. The molecule has 0 amide bonds. The molecule has 2 unspecified atom stereocenters. The molecule has 0 bridgehead atoms. The third-order valence-corrected chi connectivity index (χ3v) is 3.46. The lowest BCUT2D eigenvalue weighted by molar-refractivity contribution is 0.275. The van der Waals surface area contributed by atoms with Crippen molar-refractivity contribution in [2.45, 2.75) is 39.2 Å². The van der Waals surface area contributed by atoms with E-state index in [0.717, 1.165) is 6.54 Å². The SMILES string of the molecule is CNC1(CN)CC(C)(C)CC1C. The first-order chi connectivity index (χ1) is 5.46. The summed E-state index contributed by atoms with van der Waals surface area (Å²) in [6.07, 6.45) is 2.49. The van der Waals surface area contributed by atoms with Crippen molar-refractivity contribution >= 4 is 0 Å². The van der Waals surface area contributed by atoms with Crippen molar-refractivity contribution in [3.05, 3.63) is 0 Å². The molecule has 2 heteroatoms. The molecule has 1 aliphatic carbocycles. The highest BCUT2D eigenvalue weighted by Gasteiger charge is 2.46. The van der Waals surface area contributed by atoms with E-state index < -0.39 is 0 Å². The molecule has 3 N–H and O–H groups in total. The van der Waals surface area contributed by atoms with Crippen LogP contribution in [0.15, 0.2) is 0 Å². The molecule has 0 spiro atoms. The molecule has 1 fully saturated rings. The van der Waals surface area contributed by atoms with Crippen LogP contribution >= 0.6 is 0 Å². The van der Waals surface area contributed by atoms with E-state index in [0.29, 0.717) is 11.3 Å². The van der Waals surface area contributed by atoms with E-state index in [1.807, 2.05) is 7.05 Å². The van der Waals surface area contributed by atoms with Crippen LogP contribution in [0.4, 0.5) is 0 Å². The van der Waals surface area contributed by atoms with E-state index in [-0.39, 0.29) is 5.54 Å². The first-order valence-electron chi connectivity index (χ1n) is 4.85. The summed E-state index contributed by atoms with van der Waals surface area (Å²) in [5.74, 6) is 0.697. The monoisotopic (exact) mass is 170 g/mol. The Hall–Kier alpha value is -0.0800. The minimum Gasteiger partial charge on any atom is -0.329 e. The Morgan fingerprint density at radius 2 is 2.08 bits per heavy atom. The summed E-state index contributed by atoms with van der Waals surface area (Å²) in [4.78, 5) is 0. The van der Waals surface area contributed by atoms with Crippen molar-refractivity contribution in [2.75, 3.05) is 13.6 Å². The lowest BCUT2D eigenvalue weighted by Gasteiger charge is -2.32. The van der Waals surface area contributed by atoms with Gasteiger partial charge in [-0.15, -0.1) is 0 Å². The Morgan fingerprint density at radius 1 is 1.50 bits per heavy atom. The van der Waals surface area contributed by atoms with Crippen LogP contribution < -0.4 is 11.1 Å². The van der Waals surface area contributed by atoms with Crippen LogP contribution in [-0.2, 0) is 0 Å². The summed E-state index contributed by atoms with van der Waals surface area (Å²) < 4.78 is 0. The number of nitrogens with two attached hydrogens (primary N) is 1. The third kappa shape index (κ3) is 1.50. The summed E-state index contributed by atoms with van der Waals surface area (Å²) in [7, 11) is 2.03. The van der Waals surface area contributed by atoms with Crippen molar-refractivity contribution in [2.24, 2.45) is 17.1 Å². The lowest BCUT2D eigenvalue weighted by Crippen LogP contribution is -2.51. The summed E-state index contributed by atoms with van der Waals surface area (Å²) in [6, 6.07) is 0. The molecule has 0 aromatic heterocycles. The van der Waals surface area contributed by atoms with Crippen molar-refractivity contribution in [3.8, 4) is 0 Å². The highest BCUT2D eigenvalue weighted by molar-refractivity contribution is 5.03. The van der Waals surface area contributed by atoms with Crippen molar-refractivity contribution < 1.29 is 0 Å². The fraction of sp³-hybridized carbons (Fsp3) is 1.00. The third-order valence-electron chi connectivity index (χ3n) is 3.46. The Bertz CT molecular complexity index is 159. The van der Waals surface area contributed by atoms with Gasteiger partial charge in [-0.1, -0.05) is 20.8 Å². The van der Waals surface area contributed by atoms with Crippen LogP contribution in [0, 0.1) is 11.3 Å². The van der Waals surface area contributed by atoms with Gasteiger partial charge in [0.1, 0.15) is 0 Å². The van der Waals surface area contributed by atoms with E-state index in [1.165, 1.54) is 12.8 Å². The van der Waals surface area contributed by atoms with Crippen LogP contribution in [0.5, 0.6) is 0 Å². The van der Waals surface area contributed by atoms with Crippen LogP contribution in [0.1, 0.15) is 33.6 Å². The Labute approximate surface area is 75.9 Å². The van der Waals surface area contributed by atoms with E-state index in [2.05, 4.69) is 26.1 Å². The smallest absolute Gasteiger partial charge is 0.0332 e. The zero-order valence-electron chi connectivity index (χ0n) is 8.78. The van der Waals surface area contributed by atoms with Gasteiger partial charge in [0.25, 0.3) is 0 Å². The second kappa shape index (κ2) is 3.00.